The molecular weight excluding hydrogens is 426 g/mol. The van der Waals surface area contributed by atoms with E-state index in [1.165, 1.54) is 11.3 Å². The summed E-state index contributed by atoms with van der Waals surface area (Å²) < 4.78 is 6.84. The number of hydrogen-bond acceptors (Lipinski definition) is 6. The average Bonchev–Trinajstić information content (AvgIpc) is 3.23. The molecule has 0 aliphatic carbocycles. The third kappa shape index (κ3) is 3.92. The number of benzene rings is 2. The topological polar surface area (TPSA) is 90.3 Å². The summed E-state index contributed by atoms with van der Waals surface area (Å²) in [6, 6.07) is 16.4. The molecular formula is C24H21N3O4S. The molecule has 4 aromatic rings. The van der Waals surface area contributed by atoms with Gasteiger partial charge in [-0.2, -0.15) is 5.10 Å². The molecule has 0 spiro atoms. The van der Waals surface area contributed by atoms with E-state index in [0.717, 1.165) is 5.56 Å². The molecule has 0 bridgehead atoms. The molecule has 162 valence electrons. The van der Waals surface area contributed by atoms with E-state index in [4.69, 9.17) is 4.74 Å². The first-order valence-electron chi connectivity index (χ1n) is 10.2. The maximum Gasteiger partial charge on any atom is 0.341 e. The lowest BCUT2D eigenvalue weighted by atomic mass is 10.0. The van der Waals surface area contributed by atoms with Crippen molar-refractivity contribution in [1.29, 1.82) is 0 Å². The maximum atomic E-state index is 13.1. The Morgan fingerprint density at radius 3 is 2.50 bits per heavy atom. The molecule has 1 amide bonds. The number of fused-ring (bicyclic) bond motifs is 1. The van der Waals surface area contributed by atoms with Crippen molar-refractivity contribution in [3.8, 4) is 11.1 Å². The highest BCUT2D eigenvalue weighted by Crippen LogP contribution is 2.36. The summed E-state index contributed by atoms with van der Waals surface area (Å²) >= 11 is 1.20. The van der Waals surface area contributed by atoms with Crippen LogP contribution in [-0.2, 0) is 11.3 Å². The van der Waals surface area contributed by atoms with E-state index in [9.17, 15) is 14.4 Å². The monoisotopic (exact) mass is 447 g/mol. The second kappa shape index (κ2) is 9.15. The van der Waals surface area contributed by atoms with Crippen molar-refractivity contribution in [2.45, 2.75) is 20.4 Å². The number of rotatable bonds is 6. The van der Waals surface area contributed by atoms with Crippen LogP contribution in [0.25, 0.3) is 22.0 Å². The summed E-state index contributed by atoms with van der Waals surface area (Å²) in [5, 5.41) is 9.50. The molecule has 2 heterocycles. The number of nitrogens with zero attached hydrogens (tertiary/aromatic N) is 2. The zero-order chi connectivity index (χ0) is 22.7. The van der Waals surface area contributed by atoms with Gasteiger partial charge in [0.2, 0.25) is 5.43 Å². The summed E-state index contributed by atoms with van der Waals surface area (Å²) in [6.07, 6.45) is 0. The van der Waals surface area contributed by atoms with E-state index in [1.54, 1.807) is 35.2 Å². The highest BCUT2D eigenvalue weighted by atomic mass is 32.1. The van der Waals surface area contributed by atoms with E-state index >= 15 is 0 Å². The Balaban J connectivity index is 1.77. The van der Waals surface area contributed by atoms with Gasteiger partial charge in [0.1, 0.15) is 10.6 Å². The van der Waals surface area contributed by atoms with Crippen molar-refractivity contribution in [1.82, 2.24) is 9.78 Å². The second-order valence-corrected chi connectivity index (χ2v) is 7.78. The van der Waals surface area contributed by atoms with Gasteiger partial charge in [0, 0.05) is 22.9 Å². The number of aromatic nitrogens is 2. The Morgan fingerprint density at radius 2 is 1.78 bits per heavy atom. The van der Waals surface area contributed by atoms with E-state index < -0.39 is 17.3 Å². The number of carbonyl (C=O) groups excluding carboxylic acids is 2. The van der Waals surface area contributed by atoms with Gasteiger partial charge < -0.3 is 10.1 Å². The van der Waals surface area contributed by atoms with Crippen LogP contribution in [-0.4, -0.2) is 28.3 Å². The van der Waals surface area contributed by atoms with Crippen LogP contribution < -0.4 is 10.7 Å². The van der Waals surface area contributed by atoms with Crippen LogP contribution in [0.2, 0.25) is 0 Å². The molecule has 0 aliphatic rings. The van der Waals surface area contributed by atoms with Crippen molar-refractivity contribution in [2.75, 3.05) is 11.9 Å². The smallest absolute Gasteiger partial charge is 0.341 e. The molecule has 2 aromatic carbocycles. The first kappa shape index (κ1) is 21.5. The van der Waals surface area contributed by atoms with Gasteiger partial charge in [-0.05, 0) is 31.5 Å². The van der Waals surface area contributed by atoms with Gasteiger partial charge in [0.25, 0.3) is 5.91 Å². The lowest BCUT2D eigenvalue weighted by Crippen LogP contribution is -2.27. The predicted molar refractivity (Wildman–Crippen MR) is 125 cm³/mol. The molecule has 1 N–H and O–H groups in total. The second-order valence-electron chi connectivity index (χ2n) is 6.90. The molecule has 0 unspecified atom stereocenters. The number of aryl methyl sites for hydroxylation is 1. The lowest BCUT2D eigenvalue weighted by molar-refractivity contribution is 0.0529. The van der Waals surface area contributed by atoms with Gasteiger partial charge in [0.05, 0.1) is 12.1 Å². The van der Waals surface area contributed by atoms with Gasteiger partial charge in [-0.15, -0.1) is 11.3 Å². The van der Waals surface area contributed by atoms with E-state index in [0.29, 0.717) is 28.0 Å². The predicted octanol–water partition coefficient (Wildman–Crippen LogP) is 4.57. The van der Waals surface area contributed by atoms with Gasteiger partial charge in [0.15, 0.2) is 5.69 Å². The molecule has 0 aliphatic heterocycles. The number of anilines is 1. The van der Waals surface area contributed by atoms with Crippen LogP contribution in [0.4, 0.5) is 5.00 Å². The molecule has 0 radical (unpaired) electrons. The molecule has 0 saturated carbocycles. The molecule has 2 aromatic heterocycles. The molecule has 32 heavy (non-hydrogen) atoms. The third-order valence-corrected chi connectivity index (χ3v) is 5.86. The number of nitrogens with one attached hydrogen (secondary N) is 1. The van der Waals surface area contributed by atoms with Crippen molar-refractivity contribution >= 4 is 39.1 Å². The lowest BCUT2D eigenvalue weighted by Gasteiger charge is -2.11. The fourth-order valence-corrected chi connectivity index (χ4v) is 4.43. The number of thiophene rings is 1. The van der Waals surface area contributed by atoms with Crippen molar-refractivity contribution in [3.63, 3.8) is 0 Å². The van der Waals surface area contributed by atoms with Gasteiger partial charge in [-0.25, -0.2) is 4.79 Å². The van der Waals surface area contributed by atoms with Crippen molar-refractivity contribution < 1.29 is 14.3 Å². The Labute approximate surface area is 188 Å². The van der Waals surface area contributed by atoms with Crippen LogP contribution >= 0.6 is 11.3 Å². The Kier molecular flexibility index (Phi) is 6.13. The highest BCUT2D eigenvalue weighted by Gasteiger charge is 2.25. The highest BCUT2D eigenvalue weighted by molar-refractivity contribution is 7.15. The normalized spacial score (nSPS) is 10.8. The number of para-hydroxylation sites is 1. The third-order valence-electron chi connectivity index (χ3n) is 4.96. The molecule has 4 rings (SSSR count). The number of esters is 1. The van der Waals surface area contributed by atoms with Crippen LogP contribution in [0.3, 0.4) is 0 Å². The SMILES string of the molecule is CCOC(=O)c1c(-c2ccccc2)csc1NC(=O)c1nn(CC)c2ccccc2c1=O. The zero-order valence-corrected chi connectivity index (χ0v) is 18.4. The number of ether oxygens (including phenoxy) is 1. The summed E-state index contributed by atoms with van der Waals surface area (Å²) in [5.74, 6) is -1.21. The average molecular weight is 448 g/mol. The van der Waals surface area contributed by atoms with Crippen LogP contribution in [0.5, 0.6) is 0 Å². The van der Waals surface area contributed by atoms with Crippen LogP contribution in [0.1, 0.15) is 34.7 Å². The van der Waals surface area contributed by atoms with Crippen LogP contribution in [0, 0.1) is 0 Å². The standard InChI is InChI=1S/C24H21N3O4S/c1-3-27-18-13-9-8-12-16(18)21(28)20(26-27)22(29)25-23-19(24(30)31-4-2)17(14-32-23)15-10-6-5-7-11-15/h5-14H,3-4H2,1-2H3,(H,25,29). The minimum atomic E-state index is -0.671. The largest absolute Gasteiger partial charge is 0.462 e. The Morgan fingerprint density at radius 1 is 1.06 bits per heavy atom. The first-order chi connectivity index (χ1) is 15.5. The van der Waals surface area contributed by atoms with Gasteiger partial charge >= 0.3 is 5.97 Å². The molecule has 0 fully saturated rings. The van der Waals surface area contributed by atoms with Crippen molar-refractivity contribution in [3.05, 3.63) is 81.5 Å². The number of carbonyl (C=O) groups is 2. The minimum absolute atomic E-state index is 0.198. The minimum Gasteiger partial charge on any atom is -0.462 e. The van der Waals surface area contributed by atoms with E-state index in [1.807, 2.05) is 43.3 Å². The Hall–Kier alpha value is -3.78. The summed E-state index contributed by atoms with van der Waals surface area (Å²) in [5.41, 5.74) is 1.71. The summed E-state index contributed by atoms with van der Waals surface area (Å²) in [6.45, 7) is 4.29. The van der Waals surface area contributed by atoms with Gasteiger partial charge in [-0.3, -0.25) is 14.3 Å². The Bertz CT molecular complexity index is 1360. The van der Waals surface area contributed by atoms with E-state index in [2.05, 4.69) is 10.4 Å². The van der Waals surface area contributed by atoms with Crippen molar-refractivity contribution in [2.24, 2.45) is 0 Å². The zero-order valence-electron chi connectivity index (χ0n) is 17.6. The van der Waals surface area contributed by atoms with E-state index in [-0.39, 0.29) is 17.9 Å². The first-order valence-corrected chi connectivity index (χ1v) is 11.1. The number of hydrogen-bond donors (Lipinski definition) is 1. The molecule has 0 saturated heterocycles. The molecule has 8 heteroatoms. The number of amides is 1. The summed E-state index contributed by atoms with van der Waals surface area (Å²) in [7, 11) is 0. The fourth-order valence-electron chi connectivity index (χ4n) is 3.48. The van der Waals surface area contributed by atoms with Crippen LogP contribution in [0.15, 0.2) is 64.8 Å². The maximum absolute atomic E-state index is 13.1. The molecule has 0 atom stereocenters. The van der Waals surface area contributed by atoms with Gasteiger partial charge in [-0.1, -0.05) is 42.5 Å². The summed E-state index contributed by atoms with van der Waals surface area (Å²) in [4.78, 5) is 38.8. The quantitative estimate of drug-likeness (QED) is 0.437. The molecule has 7 nitrogen and oxygen atoms in total. The fraction of sp³-hybridized carbons (Fsp3) is 0.167.